The van der Waals surface area contributed by atoms with Gasteiger partial charge in [0, 0.05) is 11.9 Å². The van der Waals surface area contributed by atoms with Gasteiger partial charge in [0.25, 0.3) is 0 Å². The van der Waals surface area contributed by atoms with Gasteiger partial charge in [-0.2, -0.15) is 0 Å². The zero-order valence-corrected chi connectivity index (χ0v) is 12.8. The first-order valence-corrected chi connectivity index (χ1v) is 7.85. The minimum Gasteiger partial charge on any atom is -0.257 e. The summed E-state index contributed by atoms with van der Waals surface area (Å²) in [4.78, 5) is 7.88. The van der Waals surface area contributed by atoms with E-state index in [0.717, 1.165) is 11.9 Å². The monoisotopic (exact) mass is 331 g/mol. The molecule has 1 N–H and O–H groups in total. The Morgan fingerprint density at radius 2 is 2.05 bits per heavy atom. The van der Waals surface area contributed by atoms with E-state index in [1.807, 2.05) is 19.1 Å². The Morgan fingerprint density at radius 1 is 1.30 bits per heavy atom. The molecule has 2 rings (SSSR count). The van der Waals surface area contributed by atoms with Gasteiger partial charge in [-0.25, -0.2) is 18.1 Å². The van der Waals surface area contributed by atoms with Crippen LogP contribution in [0, 0.1) is 6.92 Å². The van der Waals surface area contributed by atoms with Crippen molar-refractivity contribution in [3.63, 3.8) is 0 Å². The summed E-state index contributed by atoms with van der Waals surface area (Å²) in [5, 5.41) is 0.147. The molecule has 0 fully saturated rings. The summed E-state index contributed by atoms with van der Waals surface area (Å²) < 4.78 is 26.6. The van der Waals surface area contributed by atoms with Crippen LogP contribution in [0.2, 0.25) is 10.2 Å². The van der Waals surface area contributed by atoms with Gasteiger partial charge in [-0.15, -0.1) is 0 Å². The lowest BCUT2D eigenvalue weighted by Gasteiger charge is -2.07. The first kappa shape index (κ1) is 15.2. The van der Waals surface area contributed by atoms with Crippen molar-refractivity contribution in [2.45, 2.75) is 18.4 Å². The molecule has 0 unspecified atom stereocenters. The third-order valence-corrected chi connectivity index (χ3v) is 4.53. The summed E-state index contributed by atoms with van der Waals surface area (Å²) in [5.74, 6) is 0. The lowest BCUT2D eigenvalue weighted by Crippen LogP contribution is -2.24. The van der Waals surface area contributed by atoms with Crippen LogP contribution < -0.4 is 4.72 Å². The smallest absolute Gasteiger partial charge is 0.242 e. The first-order valence-electron chi connectivity index (χ1n) is 5.62. The molecule has 106 valence electrons. The zero-order chi connectivity index (χ0) is 14.8. The number of hydrogen-bond acceptors (Lipinski definition) is 4. The Morgan fingerprint density at radius 3 is 2.70 bits per heavy atom. The van der Waals surface area contributed by atoms with Crippen LogP contribution in [-0.4, -0.2) is 18.4 Å². The maximum Gasteiger partial charge on any atom is 0.242 e. The molecule has 0 aliphatic carbocycles. The van der Waals surface area contributed by atoms with E-state index in [2.05, 4.69) is 14.7 Å². The molecule has 0 bridgehead atoms. The topological polar surface area (TPSA) is 72.0 Å². The van der Waals surface area contributed by atoms with Crippen LogP contribution in [0.5, 0.6) is 0 Å². The number of nitrogens with one attached hydrogen (secondary N) is 1. The van der Waals surface area contributed by atoms with Crippen LogP contribution >= 0.6 is 23.2 Å². The second-order valence-corrected chi connectivity index (χ2v) is 6.57. The molecule has 0 aliphatic heterocycles. The van der Waals surface area contributed by atoms with Crippen LogP contribution in [0.4, 0.5) is 0 Å². The number of hydrogen-bond donors (Lipinski definition) is 1. The van der Waals surface area contributed by atoms with E-state index >= 15 is 0 Å². The standard InChI is InChI=1S/C12H11Cl2N3O2S/c1-8-3-2-4-9(17-8)6-16-20(18,19)10-5-11(13)12(14)15-7-10/h2-5,7,16H,6H2,1H3. The number of halogens is 2. The summed E-state index contributed by atoms with van der Waals surface area (Å²) >= 11 is 11.4. The average molecular weight is 332 g/mol. The molecular weight excluding hydrogens is 321 g/mol. The van der Waals surface area contributed by atoms with Crippen LogP contribution in [-0.2, 0) is 16.6 Å². The number of aryl methyl sites for hydroxylation is 1. The maximum atomic E-state index is 12.1. The normalized spacial score (nSPS) is 11.6. The Kier molecular flexibility index (Phi) is 4.59. The summed E-state index contributed by atoms with van der Waals surface area (Å²) in [5.41, 5.74) is 1.44. The van der Waals surface area contributed by atoms with Gasteiger partial charge in [-0.1, -0.05) is 29.3 Å². The molecule has 0 aliphatic rings. The highest BCUT2D eigenvalue weighted by Crippen LogP contribution is 2.22. The predicted octanol–water partition coefficient (Wildman–Crippen LogP) is 2.57. The number of nitrogens with zero attached hydrogens (tertiary/aromatic N) is 2. The van der Waals surface area contributed by atoms with Crippen molar-refractivity contribution >= 4 is 33.2 Å². The molecule has 0 aromatic carbocycles. The Bertz CT molecular complexity index is 735. The largest absolute Gasteiger partial charge is 0.257 e. The molecule has 0 saturated carbocycles. The van der Waals surface area contributed by atoms with Gasteiger partial charge in [-0.3, -0.25) is 4.98 Å². The number of rotatable bonds is 4. The second-order valence-electron chi connectivity index (χ2n) is 4.04. The molecule has 0 saturated heterocycles. The highest BCUT2D eigenvalue weighted by atomic mass is 35.5. The van der Waals surface area contributed by atoms with Gasteiger partial charge in [-0.05, 0) is 25.1 Å². The van der Waals surface area contributed by atoms with Crippen molar-refractivity contribution < 1.29 is 8.42 Å². The van der Waals surface area contributed by atoms with E-state index in [-0.39, 0.29) is 21.6 Å². The molecule has 8 heteroatoms. The van der Waals surface area contributed by atoms with Gasteiger partial charge >= 0.3 is 0 Å². The van der Waals surface area contributed by atoms with E-state index in [4.69, 9.17) is 23.2 Å². The van der Waals surface area contributed by atoms with E-state index in [9.17, 15) is 8.42 Å². The fraction of sp³-hybridized carbons (Fsp3) is 0.167. The van der Waals surface area contributed by atoms with Crippen molar-refractivity contribution in [3.05, 3.63) is 52.0 Å². The van der Waals surface area contributed by atoms with Gasteiger partial charge in [0.1, 0.15) is 10.0 Å². The molecule has 2 aromatic rings. The van der Waals surface area contributed by atoms with Crippen molar-refractivity contribution in [3.8, 4) is 0 Å². The van der Waals surface area contributed by atoms with Crippen molar-refractivity contribution in [2.75, 3.05) is 0 Å². The molecule has 0 amide bonds. The summed E-state index contributed by atoms with van der Waals surface area (Å²) in [7, 11) is -3.71. The molecule has 2 aromatic heterocycles. The quantitative estimate of drug-likeness (QED) is 0.874. The Balaban J connectivity index is 2.17. The number of sulfonamides is 1. The van der Waals surface area contributed by atoms with Crippen molar-refractivity contribution in [1.29, 1.82) is 0 Å². The lowest BCUT2D eigenvalue weighted by atomic mass is 10.3. The highest BCUT2D eigenvalue weighted by Gasteiger charge is 2.16. The van der Waals surface area contributed by atoms with E-state index in [1.165, 1.54) is 6.07 Å². The first-order chi connectivity index (χ1) is 9.38. The maximum absolute atomic E-state index is 12.1. The van der Waals surface area contributed by atoms with Crippen molar-refractivity contribution in [1.82, 2.24) is 14.7 Å². The number of pyridine rings is 2. The molecule has 0 radical (unpaired) electrons. The van der Waals surface area contributed by atoms with Crippen LogP contribution in [0.15, 0.2) is 35.4 Å². The molecule has 2 heterocycles. The van der Waals surface area contributed by atoms with Gasteiger partial charge in [0.05, 0.1) is 17.3 Å². The van der Waals surface area contributed by atoms with Gasteiger partial charge < -0.3 is 0 Å². The molecule has 20 heavy (non-hydrogen) atoms. The van der Waals surface area contributed by atoms with Crippen LogP contribution in [0.3, 0.4) is 0 Å². The van der Waals surface area contributed by atoms with Crippen molar-refractivity contribution in [2.24, 2.45) is 0 Å². The fourth-order valence-electron chi connectivity index (χ4n) is 1.50. The number of aromatic nitrogens is 2. The van der Waals surface area contributed by atoms with Crippen LogP contribution in [0.25, 0.3) is 0 Å². The van der Waals surface area contributed by atoms with E-state index < -0.39 is 10.0 Å². The predicted molar refractivity (Wildman–Crippen MR) is 77.3 cm³/mol. The molecule has 0 spiro atoms. The summed E-state index contributed by atoms with van der Waals surface area (Å²) in [6, 6.07) is 6.64. The van der Waals surface area contributed by atoms with E-state index in [0.29, 0.717) is 5.69 Å². The average Bonchev–Trinajstić information content (AvgIpc) is 2.40. The van der Waals surface area contributed by atoms with Crippen LogP contribution in [0.1, 0.15) is 11.4 Å². The third-order valence-electron chi connectivity index (χ3n) is 2.47. The fourth-order valence-corrected chi connectivity index (χ4v) is 2.80. The Hall–Kier alpha value is -1.21. The molecule has 0 atom stereocenters. The second kappa shape index (κ2) is 6.05. The zero-order valence-electron chi connectivity index (χ0n) is 10.5. The highest BCUT2D eigenvalue weighted by molar-refractivity contribution is 7.89. The summed E-state index contributed by atoms with van der Waals surface area (Å²) in [6.07, 6.45) is 1.15. The van der Waals surface area contributed by atoms with Gasteiger partial charge in [0.2, 0.25) is 10.0 Å². The minimum absolute atomic E-state index is 0.0421. The lowest BCUT2D eigenvalue weighted by molar-refractivity contribution is 0.580. The minimum atomic E-state index is -3.71. The molecule has 5 nitrogen and oxygen atoms in total. The third kappa shape index (κ3) is 3.67. The van der Waals surface area contributed by atoms with Gasteiger partial charge in [0.15, 0.2) is 0 Å². The molecular formula is C12H11Cl2N3O2S. The van der Waals surface area contributed by atoms with E-state index in [1.54, 1.807) is 6.07 Å². The SMILES string of the molecule is Cc1cccc(CNS(=O)(=O)c2cnc(Cl)c(Cl)c2)n1. The summed E-state index contributed by atoms with van der Waals surface area (Å²) in [6.45, 7) is 1.92. The Labute approximate surface area is 127 Å².